The Hall–Kier alpha value is -2.16. The molecule has 1 aromatic carbocycles. The Bertz CT molecular complexity index is 660. The van der Waals surface area contributed by atoms with E-state index in [-0.39, 0.29) is 0 Å². The van der Waals surface area contributed by atoms with E-state index in [1.165, 1.54) is 0 Å². The van der Waals surface area contributed by atoms with Gasteiger partial charge in [0, 0.05) is 25.0 Å². The fraction of sp³-hybridized carbons (Fsp3) is 0.375. The minimum Gasteiger partial charge on any atom is -0.475 e. The molecule has 2 aromatic rings. The molecule has 1 fully saturated rings. The van der Waals surface area contributed by atoms with E-state index in [2.05, 4.69) is 16.0 Å². The van der Waals surface area contributed by atoms with Crippen LogP contribution in [-0.2, 0) is 4.74 Å². The summed E-state index contributed by atoms with van der Waals surface area (Å²) in [5.41, 5.74) is 1.33. The van der Waals surface area contributed by atoms with Gasteiger partial charge in [-0.3, -0.25) is 4.90 Å². The highest BCUT2D eigenvalue weighted by atomic mass is 16.5. The van der Waals surface area contributed by atoms with E-state index in [0.29, 0.717) is 18.1 Å². The average Bonchev–Trinajstić information content (AvgIpc) is 2.55. The third kappa shape index (κ3) is 3.30. The molecule has 1 aliphatic heterocycles. The van der Waals surface area contributed by atoms with Crippen LogP contribution in [0.15, 0.2) is 30.3 Å². The highest BCUT2D eigenvalue weighted by molar-refractivity contribution is 5.80. The maximum absolute atomic E-state index is 9.23. The van der Waals surface area contributed by atoms with Gasteiger partial charge in [-0.05, 0) is 12.1 Å². The van der Waals surface area contributed by atoms with Gasteiger partial charge in [-0.2, -0.15) is 5.26 Å². The Morgan fingerprint density at radius 1 is 1.29 bits per heavy atom. The van der Waals surface area contributed by atoms with Crippen LogP contribution in [-0.4, -0.2) is 49.3 Å². The summed E-state index contributed by atoms with van der Waals surface area (Å²) in [6.07, 6.45) is 0. The van der Waals surface area contributed by atoms with Crippen molar-refractivity contribution >= 4 is 10.9 Å². The lowest BCUT2D eigenvalue weighted by Gasteiger charge is -2.26. The lowest BCUT2D eigenvalue weighted by atomic mass is 10.1. The third-order valence-electron chi connectivity index (χ3n) is 3.56. The second-order valence-corrected chi connectivity index (χ2v) is 4.95. The van der Waals surface area contributed by atoms with Crippen molar-refractivity contribution in [2.24, 2.45) is 0 Å². The zero-order chi connectivity index (χ0) is 14.5. The monoisotopic (exact) mass is 283 g/mol. The molecule has 0 radical (unpaired) electrons. The molecule has 1 aliphatic rings. The van der Waals surface area contributed by atoms with E-state index in [9.17, 15) is 5.26 Å². The number of para-hydroxylation sites is 1. The van der Waals surface area contributed by atoms with E-state index >= 15 is 0 Å². The number of rotatable bonds is 4. The topological polar surface area (TPSA) is 58.4 Å². The first-order chi connectivity index (χ1) is 10.4. The Morgan fingerprint density at radius 3 is 2.90 bits per heavy atom. The first-order valence-corrected chi connectivity index (χ1v) is 7.09. The van der Waals surface area contributed by atoms with Gasteiger partial charge in [-0.1, -0.05) is 18.2 Å². The van der Waals surface area contributed by atoms with Gasteiger partial charge in [0.05, 0.1) is 18.7 Å². The van der Waals surface area contributed by atoms with E-state index in [0.717, 1.165) is 43.8 Å². The SMILES string of the molecule is N#Cc1cc2ccccc2nc1OCCN1CCOCC1. The first-order valence-electron chi connectivity index (χ1n) is 7.09. The maximum Gasteiger partial charge on any atom is 0.232 e. The molecule has 5 nitrogen and oxygen atoms in total. The van der Waals surface area contributed by atoms with Crippen molar-refractivity contribution < 1.29 is 9.47 Å². The molecule has 0 spiro atoms. The molecular formula is C16H17N3O2. The quantitative estimate of drug-likeness (QED) is 0.856. The molecule has 1 aromatic heterocycles. The Morgan fingerprint density at radius 2 is 2.10 bits per heavy atom. The second kappa shape index (κ2) is 6.53. The molecule has 0 atom stereocenters. The normalized spacial score (nSPS) is 15.8. The van der Waals surface area contributed by atoms with E-state index < -0.39 is 0 Å². The van der Waals surface area contributed by atoms with Crippen molar-refractivity contribution in [2.45, 2.75) is 0 Å². The highest BCUT2D eigenvalue weighted by Gasteiger charge is 2.12. The Kier molecular flexibility index (Phi) is 4.29. The molecule has 0 bridgehead atoms. The predicted octanol–water partition coefficient (Wildman–Crippen LogP) is 1.82. The van der Waals surface area contributed by atoms with Crippen LogP contribution >= 0.6 is 0 Å². The molecular weight excluding hydrogens is 266 g/mol. The van der Waals surface area contributed by atoms with Crippen LogP contribution in [0, 0.1) is 11.3 Å². The molecule has 3 rings (SSSR count). The van der Waals surface area contributed by atoms with Gasteiger partial charge in [0.1, 0.15) is 18.2 Å². The van der Waals surface area contributed by atoms with Gasteiger partial charge in [0.25, 0.3) is 0 Å². The highest BCUT2D eigenvalue weighted by Crippen LogP contribution is 2.21. The van der Waals surface area contributed by atoms with E-state index in [1.54, 1.807) is 0 Å². The molecule has 5 heteroatoms. The van der Waals surface area contributed by atoms with Crippen LogP contribution < -0.4 is 4.74 Å². The number of fused-ring (bicyclic) bond motifs is 1. The van der Waals surface area contributed by atoms with Crippen LogP contribution in [0.5, 0.6) is 5.88 Å². The number of nitrogens with zero attached hydrogens (tertiary/aromatic N) is 3. The summed E-state index contributed by atoms with van der Waals surface area (Å²) in [6.45, 7) is 4.76. The lowest BCUT2D eigenvalue weighted by molar-refractivity contribution is 0.0320. The zero-order valence-corrected chi connectivity index (χ0v) is 11.8. The van der Waals surface area contributed by atoms with E-state index in [1.807, 2.05) is 30.3 Å². The number of nitriles is 1. The van der Waals surface area contributed by atoms with Crippen molar-refractivity contribution in [1.29, 1.82) is 5.26 Å². The molecule has 0 saturated carbocycles. The predicted molar refractivity (Wildman–Crippen MR) is 79.2 cm³/mol. The number of benzene rings is 1. The molecule has 1 saturated heterocycles. The molecule has 0 N–H and O–H groups in total. The van der Waals surface area contributed by atoms with Crippen molar-refractivity contribution in [3.63, 3.8) is 0 Å². The van der Waals surface area contributed by atoms with Gasteiger partial charge in [0.15, 0.2) is 0 Å². The van der Waals surface area contributed by atoms with Gasteiger partial charge >= 0.3 is 0 Å². The molecule has 108 valence electrons. The van der Waals surface area contributed by atoms with Crippen molar-refractivity contribution in [3.05, 3.63) is 35.9 Å². The third-order valence-corrected chi connectivity index (χ3v) is 3.56. The maximum atomic E-state index is 9.23. The number of aromatic nitrogens is 1. The van der Waals surface area contributed by atoms with E-state index in [4.69, 9.17) is 9.47 Å². The molecule has 0 aliphatic carbocycles. The van der Waals surface area contributed by atoms with Gasteiger partial charge < -0.3 is 9.47 Å². The molecule has 21 heavy (non-hydrogen) atoms. The molecule has 2 heterocycles. The summed E-state index contributed by atoms with van der Waals surface area (Å²) in [5.74, 6) is 0.421. The summed E-state index contributed by atoms with van der Waals surface area (Å²) in [4.78, 5) is 6.73. The fourth-order valence-electron chi connectivity index (χ4n) is 2.38. The van der Waals surface area contributed by atoms with Crippen LogP contribution in [0.25, 0.3) is 10.9 Å². The lowest BCUT2D eigenvalue weighted by Crippen LogP contribution is -2.38. The largest absolute Gasteiger partial charge is 0.475 e. The standard InChI is InChI=1S/C16H17N3O2/c17-12-14-11-13-3-1-2-4-15(13)18-16(14)21-10-7-19-5-8-20-9-6-19/h1-4,11H,5-10H2. The number of hydrogen-bond acceptors (Lipinski definition) is 5. The number of hydrogen-bond donors (Lipinski definition) is 0. The number of morpholine rings is 1. The first kappa shape index (κ1) is 13.8. The van der Waals surface area contributed by atoms with Crippen LogP contribution in [0.2, 0.25) is 0 Å². The minimum atomic E-state index is 0.421. The summed E-state index contributed by atoms with van der Waals surface area (Å²) < 4.78 is 11.0. The number of pyridine rings is 1. The Balaban J connectivity index is 1.69. The van der Waals surface area contributed by atoms with Gasteiger partial charge in [-0.15, -0.1) is 0 Å². The van der Waals surface area contributed by atoms with Crippen LogP contribution in [0.1, 0.15) is 5.56 Å². The minimum absolute atomic E-state index is 0.421. The smallest absolute Gasteiger partial charge is 0.232 e. The molecule has 0 amide bonds. The second-order valence-electron chi connectivity index (χ2n) is 4.95. The van der Waals surface area contributed by atoms with Crippen LogP contribution in [0.3, 0.4) is 0 Å². The average molecular weight is 283 g/mol. The van der Waals surface area contributed by atoms with Crippen LogP contribution in [0.4, 0.5) is 0 Å². The summed E-state index contributed by atoms with van der Waals surface area (Å²) in [6, 6.07) is 11.7. The van der Waals surface area contributed by atoms with Gasteiger partial charge in [-0.25, -0.2) is 4.98 Å². The van der Waals surface area contributed by atoms with Crippen molar-refractivity contribution in [3.8, 4) is 11.9 Å². The fourth-order valence-corrected chi connectivity index (χ4v) is 2.38. The van der Waals surface area contributed by atoms with Crippen molar-refractivity contribution in [2.75, 3.05) is 39.5 Å². The Labute approximate surface area is 123 Å². The summed E-state index contributed by atoms with van der Waals surface area (Å²) in [5, 5.41) is 10.2. The molecule has 0 unspecified atom stereocenters. The number of ether oxygens (including phenoxy) is 2. The summed E-state index contributed by atoms with van der Waals surface area (Å²) >= 11 is 0. The zero-order valence-electron chi connectivity index (χ0n) is 11.8. The summed E-state index contributed by atoms with van der Waals surface area (Å²) in [7, 11) is 0. The van der Waals surface area contributed by atoms with Crippen molar-refractivity contribution in [1.82, 2.24) is 9.88 Å². The van der Waals surface area contributed by atoms with Gasteiger partial charge in [0.2, 0.25) is 5.88 Å².